The second kappa shape index (κ2) is 4.21. The van der Waals surface area contributed by atoms with E-state index in [1.54, 1.807) is 0 Å². The molecule has 0 fully saturated rings. The number of methoxy groups -OCH3 is 1. The van der Waals surface area contributed by atoms with E-state index < -0.39 is 5.79 Å². The minimum Gasteiger partial charge on any atom is -0.450 e. The lowest BCUT2D eigenvalue weighted by molar-refractivity contribution is -0.124. The van der Waals surface area contributed by atoms with Crippen molar-refractivity contribution in [2.24, 2.45) is 0 Å². The molecule has 0 amide bonds. The second-order valence-corrected chi connectivity index (χ2v) is 4.62. The van der Waals surface area contributed by atoms with Crippen LogP contribution in [-0.4, -0.2) is 12.9 Å². The molecule has 1 atom stereocenters. The van der Waals surface area contributed by atoms with Crippen molar-refractivity contribution in [2.45, 2.75) is 12.7 Å². The Bertz CT molecular complexity index is 634. The van der Waals surface area contributed by atoms with Crippen molar-refractivity contribution in [3.63, 3.8) is 0 Å². The van der Waals surface area contributed by atoms with Crippen LogP contribution >= 0.6 is 0 Å². The molecule has 1 unspecified atom stereocenters. The molecular formula is C16H14O3. The van der Waals surface area contributed by atoms with Crippen molar-refractivity contribution < 1.29 is 14.3 Å². The van der Waals surface area contributed by atoms with Crippen molar-refractivity contribution in [1.29, 1.82) is 0 Å². The van der Waals surface area contributed by atoms with Gasteiger partial charge in [0.15, 0.2) is 0 Å². The minimum absolute atomic E-state index is 0.153. The molecule has 0 saturated heterocycles. The molecule has 0 spiro atoms. The van der Waals surface area contributed by atoms with E-state index in [-0.39, 0.29) is 5.78 Å². The topological polar surface area (TPSA) is 35.5 Å². The minimum atomic E-state index is -1.35. The first-order valence-electron chi connectivity index (χ1n) is 6.12. The van der Waals surface area contributed by atoms with Crippen molar-refractivity contribution in [3.8, 4) is 5.75 Å². The quantitative estimate of drug-likeness (QED) is 0.826. The molecule has 1 heterocycles. The Morgan fingerprint density at radius 3 is 2.53 bits per heavy atom. The fourth-order valence-corrected chi connectivity index (χ4v) is 2.39. The molecule has 0 saturated carbocycles. The summed E-state index contributed by atoms with van der Waals surface area (Å²) >= 11 is 0. The van der Waals surface area contributed by atoms with Crippen LogP contribution in [0.2, 0.25) is 0 Å². The molecule has 3 heteroatoms. The lowest BCUT2D eigenvalue weighted by Crippen LogP contribution is -2.39. The van der Waals surface area contributed by atoms with Gasteiger partial charge in [-0.05, 0) is 19.1 Å². The highest BCUT2D eigenvalue weighted by atomic mass is 16.7. The number of carbonyl (C=O) groups is 1. The third kappa shape index (κ3) is 1.66. The van der Waals surface area contributed by atoms with Crippen LogP contribution in [-0.2, 0) is 10.5 Å². The Kier molecular flexibility index (Phi) is 2.64. The highest BCUT2D eigenvalue weighted by molar-refractivity contribution is 6.07. The SMILES string of the molecule is COC1(c2ccccc2)Oc2ccc(C)cc2C1=O. The Balaban J connectivity index is 2.15. The van der Waals surface area contributed by atoms with E-state index in [0.717, 1.165) is 5.56 Å². The number of hydrogen-bond donors (Lipinski definition) is 0. The lowest BCUT2D eigenvalue weighted by atomic mass is 9.97. The van der Waals surface area contributed by atoms with Crippen LogP contribution < -0.4 is 4.74 Å². The van der Waals surface area contributed by atoms with E-state index >= 15 is 0 Å². The molecule has 3 rings (SSSR count). The molecule has 96 valence electrons. The first-order chi connectivity index (χ1) is 9.17. The van der Waals surface area contributed by atoms with Crippen molar-refractivity contribution in [3.05, 3.63) is 65.2 Å². The molecule has 0 bridgehead atoms. The molecule has 0 N–H and O–H groups in total. The van der Waals surface area contributed by atoms with Gasteiger partial charge >= 0.3 is 5.79 Å². The molecule has 1 aliphatic heterocycles. The van der Waals surface area contributed by atoms with Crippen molar-refractivity contribution in [1.82, 2.24) is 0 Å². The van der Waals surface area contributed by atoms with Gasteiger partial charge in [-0.1, -0.05) is 42.0 Å². The molecule has 1 aliphatic rings. The Morgan fingerprint density at radius 1 is 1.11 bits per heavy atom. The van der Waals surface area contributed by atoms with Crippen LogP contribution in [0.15, 0.2) is 48.5 Å². The number of benzene rings is 2. The van der Waals surface area contributed by atoms with Crippen LogP contribution in [0.3, 0.4) is 0 Å². The number of hydrogen-bond acceptors (Lipinski definition) is 3. The number of carbonyl (C=O) groups excluding carboxylic acids is 1. The number of fused-ring (bicyclic) bond motifs is 1. The zero-order valence-corrected chi connectivity index (χ0v) is 10.8. The predicted octanol–water partition coefficient (Wildman–Crippen LogP) is 3.07. The Hall–Kier alpha value is -2.13. The molecule has 0 radical (unpaired) electrons. The van der Waals surface area contributed by atoms with E-state index in [4.69, 9.17) is 9.47 Å². The summed E-state index contributed by atoms with van der Waals surface area (Å²) in [6.07, 6.45) is 0. The van der Waals surface area contributed by atoms with E-state index in [0.29, 0.717) is 16.9 Å². The number of rotatable bonds is 2. The van der Waals surface area contributed by atoms with Gasteiger partial charge in [0.2, 0.25) is 5.78 Å². The lowest BCUT2D eigenvalue weighted by Gasteiger charge is -2.25. The molecule has 2 aromatic carbocycles. The monoisotopic (exact) mass is 254 g/mol. The van der Waals surface area contributed by atoms with Crippen molar-refractivity contribution >= 4 is 5.78 Å². The zero-order chi connectivity index (χ0) is 13.5. The maximum Gasteiger partial charge on any atom is 0.302 e. The summed E-state index contributed by atoms with van der Waals surface area (Å²) in [5, 5.41) is 0. The van der Waals surface area contributed by atoms with Gasteiger partial charge in [0.05, 0.1) is 5.56 Å². The van der Waals surface area contributed by atoms with Crippen molar-refractivity contribution in [2.75, 3.05) is 7.11 Å². The van der Waals surface area contributed by atoms with Crippen LogP contribution in [0, 0.1) is 6.92 Å². The third-order valence-electron chi connectivity index (χ3n) is 3.37. The van der Waals surface area contributed by atoms with Gasteiger partial charge in [-0.25, -0.2) is 0 Å². The normalized spacial score (nSPS) is 21.1. The molecular weight excluding hydrogens is 240 g/mol. The van der Waals surface area contributed by atoms with Crippen LogP contribution in [0.25, 0.3) is 0 Å². The van der Waals surface area contributed by atoms with Gasteiger partial charge in [-0.3, -0.25) is 4.79 Å². The molecule has 0 aliphatic carbocycles. The molecule has 19 heavy (non-hydrogen) atoms. The average molecular weight is 254 g/mol. The maximum atomic E-state index is 12.7. The fraction of sp³-hybridized carbons (Fsp3) is 0.188. The summed E-state index contributed by atoms with van der Waals surface area (Å²) in [6, 6.07) is 14.8. The second-order valence-electron chi connectivity index (χ2n) is 4.62. The van der Waals surface area contributed by atoms with E-state index in [2.05, 4.69) is 0 Å². The summed E-state index contributed by atoms with van der Waals surface area (Å²) in [6.45, 7) is 1.95. The first-order valence-corrected chi connectivity index (χ1v) is 6.12. The van der Waals surface area contributed by atoms with E-state index in [1.807, 2.05) is 55.5 Å². The van der Waals surface area contributed by atoms with Crippen LogP contribution in [0.5, 0.6) is 5.75 Å². The molecule has 3 nitrogen and oxygen atoms in total. The number of aryl methyl sites for hydroxylation is 1. The van der Waals surface area contributed by atoms with Gasteiger partial charge in [0, 0.05) is 12.7 Å². The van der Waals surface area contributed by atoms with Gasteiger partial charge in [0.1, 0.15) is 5.75 Å². The highest BCUT2D eigenvalue weighted by Crippen LogP contribution is 2.42. The smallest absolute Gasteiger partial charge is 0.302 e. The first kappa shape index (κ1) is 11.9. The van der Waals surface area contributed by atoms with Crippen LogP contribution in [0.1, 0.15) is 21.5 Å². The predicted molar refractivity (Wildman–Crippen MR) is 71.3 cm³/mol. The highest BCUT2D eigenvalue weighted by Gasteiger charge is 2.50. The van der Waals surface area contributed by atoms with Gasteiger partial charge < -0.3 is 9.47 Å². The summed E-state index contributed by atoms with van der Waals surface area (Å²) in [7, 11) is 1.49. The fourth-order valence-electron chi connectivity index (χ4n) is 2.39. The zero-order valence-electron chi connectivity index (χ0n) is 10.8. The van der Waals surface area contributed by atoms with E-state index in [9.17, 15) is 4.79 Å². The Labute approximate surface area is 111 Å². The molecule has 0 aromatic heterocycles. The summed E-state index contributed by atoms with van der Waals surface area (Å²) in [4.78, 5) is 12.7. The molecule has 2 aromatic rings. The number of Topliss-reactive ketones (excluding diaryl/α,β-unsaturated/α-hetero) is 1. The largest absolute Gasteiger partial charge is 0.450 e. The number of ether oxygens (including phenoxy) is 2. The standard InChI is InChI=1S/C16H14O3/c1-11-8-9-14-13(10-11)15(17)16(18-2,19-14)12-6-4-3-5-7-12/h3-10H,1-2H3. The van der Waals surface area contributed by atoms with Gasteiger partial charge in [-0.2, -0.15) is 0 Å². The van der Waals surface area contributed by atoms with E-state index in [1.165, 1.54) is 7.11 Å². The Morgan fingerprint density at radius 2 is 1.84 bits per heavy atom. The average Bonchev–Trinajstić information content (AvgIpc) is 2.74. The van der Waals surface area contributed by atoms with Gasteiger partial charge in [0.25, 0.3) is 0 Å². The van der Waals surface area contributed by atoms with Crippen LogP contribution in [0.4, 0.5) is 0 Å². The number of ketones is 1. The maximum absolute atomic E-state index is 12.7. The summed E-state index contributed by atoms with van der Waals surface area (Å²) in [5.41, 5.74) is 2.30. The summed E-state index contributed by atoms with van der Waals surface area (Å²) in [5.74, 6) is -0.932. The summed E-state index contributed by atoms with van der Waals surface area (Å²) < 4.78 is 11.3. The van der Waals surface area contributed by atoms with Gasteiger partial charge in [-0.15, -0.1) is 0 Å². The third-order valence-corrected chi connectivity index (χ3v) is 3.37.